The fraction of sp³-hybridized carbons (Fsp3) is 0.250. The third-order valence-electron chi connectivity index (χ3n) is 4.00. The van der Waals surface area contributed by atoms with Gasteiger partial charge in [0.15, 0.2) is 6.20 Å². The summed E-state index contributed by atoms with van der Waals surface area (Å²) >= 11 is 1.51. The van der Waals surface area contributed by atoms with Gasteiger partial charge in [0.25, 0.3) is 5.69 Å². The van der Waals surface area contributed by atoms with E-state index in [1.165, 1.54) is 23.6 Å². The smallest absolute Gasteiger partial charge is 0.318 e. The fourth-order valence-corrected chi connectivity index (χ4v) is 3.63. The molecule has 1 amide bonds. The standard InChI is InChI=1S/C20H21N3O2S/c1-20(2,3)16-13-26-19(21-16)17(14-9-5-4-6-10-14)22-18(24)15-11-7-8-12-23(15)25/h4-13,17H,1-3H3,(H,22,24)/t17-/m0/s1. The first kappa shape index (κ1) is 18.1. The largest absolute Gasteiger partial charge is 0.618 e. The van der Waals surface area contributed by atoms with Gasteiger partial charge in [-0.3, -0.25) is 4.79 Å². The second kappa shape index (κ2) is 7.25. The molecule has 0 saturated carbocycles. The molecule has 0 fully saturated rings. The van der Waals surface area contributed by atoms with Crippen LogP contribution in [0.5, 0.6) is 0 Å². The summed E-state index contributed by atoms with van der Waals surface area (Å²) < 4.78 is 0.569. The molecule has 0 aliphatic carbocycles. The van der Waals surface area contributed by atoms with Gasteiger partial charge in [-0.15, -0.1) is 11.3 Å². The van der Waals surface area contributed by atoms with Gasteiger partial charge in [-0.25, -0.2) is 4.98 Å². The number of benzene rings is 1. The average molecular weight is 367 g/mol. The van der Waals surface area contributed by atoms with Crippen LogP contribution in [0.1, 0.15) is 53.6 Å². The number of amides is 1. The van der Waals surface area contributed by atoms with E-state index in [1.54, 1.807) is 12.1 Å². The van der Waals surface area contributed by atoms with Crippen molar-refractivity contribution in [2.75, 3.05) is 0 Å². The maximum absolute atomic E-state index is 12.7. The molecule has 3 rings (SSSR count). The molecule has 0 aliphatic rings. The summed E-state index contributed by atoms with van der Waals surface area (Å²) in [6.07, 6.45) is 1.31. The number of nitrogens with zero attached hydrogens (tertiary/aromatic N) is 2. The Bertz CT molecular complexity index is 901. The normalized spacial score (nSPS) is 12.6. The van der Waals surface area contributed by atoms with Crippen molar-refractivity contribution in [3.63, 3.8) is 0 Å². The van der Waals surface area contributed by atoms with E-state index in [2.05, 4.69) is 26.1 Å². The SMILES string of the molecule is CC(C)(C)c1csc([C@@H](NC(=O)c2cccc[n+]2[O-])c2ccccc2)n1. The van der Waals surface area contributed by atoms with Crippen molar-refractivity contribution < 1.29 is 9.52 Å². The summed E-state index contributed by atoms with van der Waals surface area (Å²) in [4.78, 5) is 17.4. The molecule has 134 valence electrons. The molecule has 0 bridgehead atoms. The van der Waals surface area contributed by atoms with Crippen LogP contribution in [-0.2, 0) is 5.41 Å². The van der Waals surface area contributed by atoms with Crippen molar-refractivity contribution in [1.29, 1.82) is 0 Å². The Morgan fingerprint density at radius 2 is 1.85 bits per heavy atom. The van der Waals surface area contributed by atoms with Gasteiger partial charge < -0.3 is 10.5 Å². The van der Waals surface area contributed by atoms with E-state index in [-0.39, 0.29) is 11.1 Å². The molecule has 26 heavy (non-hydrogen) atoms. The quantitative estimate of drug-likeness (QED) is 0.566. The highest BCUT2D eigenvalue weighted by Gasteiger charge is 2.26. The summed E-state index contributed by atoms with van der Waals surface area (Å²) in [6.45, 7) is 6.31. The van der Waals surface area contributed by atoms with Crippen molar-refractivity contribution in [3.8, 4) is 0 Å². The van der Waals surface area contributed by atoms with Crippen molar-refractivity contribution in [3.05, 3.63) is 87.3 Å². The summed E-state index contributed by atoms with van der Waals surface area (Å²) in [6, 6.07) is 14.0. The van der Waals surface area contributed by atoms with Crippen LogP contribution < -0.4 is 10.0 Å². The Balaban J connectivity index is 1.96. The van der Waals surface area contributed by atoms with Crippen LogP contribution in [-0.4, -0.2) is 10.9 Å². The lowest BCUT2D eigenvalue weighted by molar-refractivity contribution is -0.607. The monoisotopic (exact) mass is 367 g/mol. The van der Waals surface area contributed by atoms with Crippen molar-refractivity contribution in [1.82, 2.24) is 10.3 Å². The zero-order valence-electron chi connectivity index (χ0n) is 15.0. The molecule has 0 spiro atoms. The van der Waals surface area contributed by atoms with Crippen LogP contribution in [0.25, 0.3) is 0 Å². The van der Waals surface area contributed by atoms with Gasteiger partial charge in [0.1, 0.15) is 11.0 Å². The molecular weight excluding hydrogens is 346 g/mol. The highest BCUT2D eigenvalue weighted by Crippen LogP contribution is 2.30. The molecule has 6 heteroatoms. The minimum Gasteiger partial charge on any atom is -0.618 e. The fourth-order valence-electron chi connectivity index (χ4n) is 2.51. The van der Waals surface area contributed by atoms with Gasteiger partial charge in [0.05, 0.1) is 5.69 Å². The van der Waals surface area contributed by atoms with Crippen molar-refractivity contribution in [2.45, 2.75) is 32.2 Å². The Morgan fingerprint density at radius 3 is 2.46 bits per heavy atom. The van der Waals surface area contributed by atoms with Gasteiger partial charge >= 0.3 is 5.91 Å². The summed E-state index contributed by atoms with van der Waals surface area (Å²) in [5.74, 6) is -0.429. The number of pyridine rings is 1. The lowest BCUT2D eigenvalue weighted by Gasteiger charge is -2.18. The van der Waals surface area contributed by atoms with Crippen LogP contribution in [0.2, 0.25) is 0 Å². The number of aromatic nitrogens is 2. The van der Waals surface area contributed by atoms with Gasteiger partial charge in [-0.05, 0) is 11.6 Å². The third-order valence-corrected chi connectivity index (χ3v) is 4.91. The molecule has 3 aromatic rings. The number of hydrogen-bond acceptors (Lipinski definition) is 4. The molecular formula is C20H21N3O2S. The third kappa shape index (κ3) is 3.91. The minimum absolute atomic E-state index is 0.0565. The molecule has 5 nitrogen and oxygen atoms in total. The zero-order chi connectivity index (χ0) is 18.7. The van der Waals surface area contributed by atoms with Gasteiger partial charge in [0, 0.05) is 22.9 Å². The Morgan fingerprint density at radius 1 is 1.15 bits per heavy atom. The molecule has 0 unspecified atom stereocenters. The Hall–Kier alpha value is -2.73. The number of nitrogens with one attached hydrogen (secondary N) is 1. The summed E-state index contributed by atoms with van der Waals surface area (Å²) in [5, 5.41) is 17.7. The highest BCUT2D eigenvalue weighted by molar-refractivity contribution is 7.09. The Kier molecular flexibility index (Phi) is 5.04. The van der Waals surface area contributed by atoms with Gasteiger partial charge in [-0.1, -0.05) is 51.1 Å². The number of rotatable bonds is 4. The van der Waals surface area contributed by atoms with E-state index in [4.69, 9.17) is 4.98 Å². The summed E-state index contributed by atoms with van der Waals surface area (Å²) in [7, 11) is 0. The molecule has 2 aromatic heterocycles. The van der Waals surface area contributed by atoms with E-state index in [1.807, 2.05) is 35.7 Å². The predicted molar refractivity (Wildman–Crippen MR) is 102 cm³/mol. The van der Waals surface area contributed by atoms with Gasteiger partial charge in [-0.2, -0.15) is 4.73 Å². The second-order valence-electron chi connectivity index (χ2n) is 7.05. The maximum atomic E-state index is 12.7. The highest BCUT2D eigenvalue weighted by atomic mass is 32.1. The van der Waals surface area contributed by atoms with E-state index in [0.29, 0.717) is 4.73 Å². The molecule has 1 aromatic carbocycles. The van der Waals surface area contributed by atoms with Crippen LogP contribution >= 0.6 is 11.3 Å². The van der Waals surface area contributed by atoms with Crippen LogP contribution in [0.3, 0.4) is 0 Å². The first-order valence-corrected chi connectivity index (χ1v) is 9.24. The van der Waals surface area contributed by atoms with E-state index in [9.17, 15) is 10.0 Å². The lowest BCUT2D eigenvalue weighted by Crippen LogP contribution is -2.40. The number of carbonyl (C=O) groups is 1. The number of thiazole rings is 1. The number of hydrogen-bond donors (Lipinski definition) is 1. The molecule has 0 radical (unpaired) electrons. The van der Waals surface area contributed by atoms with Crippen LogP contribution in [0.15, 0.2) is 60.1 Å². The van der Waals surface area contributed by atoms with E-state index < -0.39 is 11.9 Å². The van der Waals surface area contributed by atoms with E-state index in [0.717, 1.165) is 16.3 Å². The molecule has 1 atom stereocenters. The molecule has 2 heterocycles. The topological polar surface area (TPSA) is 68.9 Å². The lowest BCUT2D eigenvalue weighted by atomic mass is 9.93. The van der Waals surface area contributed by atoms with Crippen molar-refractivity contribution >= 4 is 17.2 Å². The van der Waals surface area contributed by atoms with Crippen LogP contribution in [0.4, 0.5) is 0 Å². The average Bonchev–Trinajstić information content (AvgIpc) is 3.11. The second-order valence-corrected chi connectivity index (χ2v) is 7.94. The zero-order valence-corrected chi connectivity index (χ0v) is 15.8. The van der Waals surface area contributed by atoms with Gasteiger partial charge in [0.2, 0.25) is 0 Å². The summed E-state index contributed by atoms with van der Waals surface area (Å²) in [5.41, 5.74) is 1.88. The van der Waals surface area contributed by atoms with Crippen LogP contribution in [0, 0.1) is 5.21 Å². The molecule has 0 aliphatic heterocycles. The number of carbonyl (C=O) groups excluding carboxylic acids is 1. The predicted octanol–water partition coefficient (Wildman–Crippen LogP) is 3.59. The first-order chi connectivity index (χ1) is 12.4. The maximum Gasteiger partial charge on any atom is 0.318 e. The Labute approximate surface area is 156 Å². The first-order valence-electron chi connectivity index (χ1n) is 8.36. The molecule has 1 N–H and O–H groups in total. The minimum atomic E-state index is -0.429. The van der Waals surface area contributed by atoms with Crippen molar-refractivity contribution in [2.24, 2.45) is 0 Å². The van der Waals surface area contributed by atoms with E-state index >= 15 is 0 Å². The molecule has 0 saturated heterocycles.